The van der Waals surface area contributed by atoms with Gasteiger partial charge in [0.05, 0.1) is 11.4 Å². The van der Waals surface area contributed by atoms with E-state index in [1.165, 1.54) is 38.2 Å². The lowest BCUT2D eigenvalue weighted by molar-refractivity contribution is 0.203. The average Bonchev–Trinajstić information content (AvgIpc) is 2.68. The summed E-state index contributed by atoms with van der Waals surface area (Å²) in [4.78, 5) is 2.55. The van der Waals surface area contributed by atoms with E-state index in [4.69, 9.17) is 0 Å². The van der Waals surface area contributed by atoms with E-state index in [0.29, 0.717) is 0 Å². The van der Waals surface area contributed by atoms with Crippen LogP contribution in [0.2, 0.25) is 0 Å². The Morgan fingerprint density at radius 1 is 1.44 bits per heavy atom. The molecular formula is C14H26N4. The lowest BCUT2D eigenvalue weighted by Gasteiger charge is -2.29. The van der Waals surface area contributed by atoms with Crippen LogP contribution < -0.4 is 5.32 Å². The van der Waals surface area contributed by atoms with Gasteiger partial charge in [-0.2, -0.15) is 5.10 Å². The van der Waals surface area contributed by atoms with E-state index in [1.54, 1.807) is 0 Å². The summed E-state index contributed by atoms with van der Waals surface area (Å²) in [5, 5.41) is 7.86. The molecule has 2 rings (SSSR count). The Morgan fingerprint density at radius 2 is 2.17 bits per heavy atom. The molecule has 4 heteroatoms. The first-order valence-electron chi connectivity index (χ1n) is 7.11. The highest BCUT2D eigenvalue weighted by Gasteiger charge is 2.17. The van der Waals surface area contributed by atoms with Crippen molar-refractivity contribution in [2.24, 2.45) is 13.0 Å². The second-order valence-corrected chi connectivity index (χ2v) is 5.42. The van der Waals surface area contributed by atoms with E-state index in [0.717, 1.165) is 24.7 Å². The molecule has 1 aromatic rings. The van der Waals surface area contributed by atoms with Crippen LogP contribution in [0, 0.1) is 12.8 Å². The molecule has 2 heterocycles. The zero-order valence-electron chi connectivity index (χ0n) is 11.9. The van der Waals surface area contributed by atoms with E-state index in [9.17, 15) is 0 Å². The van der Waals surface area contributed by atoms with Crippen molar-refractivity contribution in [3.8, 4) is 0 Å². The highest BCUT2D eigenvalue weighted by molar-refractivity contribution is 5.08. The fourth-order valence-electron chi connectivity index (χ4n) is 2.78. The molecule has 1 saturated heterocycles. The van der Waals surface area contributed by atoms with Gasteiger partial charge >= 0.3 is 0 Å². The molecule has 1 aromatic heterocycles. The molecule has 0 aliphatic carbocycles. The molecule has 1 aliphatic heterocycles. The predicted molar refractivity (Wildman–Crippen MR) is 74.5 cm³/mol. The van der Waals surface area contributed by atoms with Crippen LogP contribution in [0.1, 0.15) is 31.2 Å². The third-order valence-corrected chi connectivity index (χ3v) is 3.91. The van der Waals surface area contributed by atoms with E-state index in [-0.39, 0.29) is 0 Å². The number of nitrogens with zero attached hydrogens (tertiary/aromatic N) is 3. The highest BCUT2D eigenvalue weighted by atomic mass is 15.3. The van der Waals surface area contributed by atoms with Gasteiger partial charge in [0.2, 0.25) is 0 Å². The fraction of sp³-hybridized carbons (Fsp3) is 0.786. The maximum absolute atomic E-state index is 4.43. The van der Waals surface area contributed by atoms with Gasteiger partial charge in [0.25, 0.3) is 0 Å². The Balaban J connectivity index is 1.90. The molecule has 102 valence electrons. The quantitative estimate of drug-likeness (QED) is 0.861. The van der Waals surface area contributed by atoms with Gasteiger partial charge in [-0.3, -0.25) is 9.58 Å². The van der Waals surface area contributed by atoms with Crippen molar-refractivity contribution in [1.29, 1.82) is 0 Å². The first-order chi connectivity index (χ1) is 8.69. The van der Waals surface area contributed by atoms with Crippen LogP contribution in [0.3, 0.4) is 0 Å². The van der Waals surface area contributed by atoms with Crippen LogP contribution in [0.15, 0.2) is 6.07 Å². The van der Waals surface area contributed by atoms with Crippen LogP contribution in [-0.2, 0) is 13.6 Å². The predicted octanol–water partition coefficient (Wildman–Crippen LogP) is 1.55. The number of rotatable bonds is 5. The van der Waals surface area contributed by atoms with Crippen molar-refractivity contribution >= 4 is 0 Å². The minimum Gasteiger partial charge on any atom is -0.317 e. The molecule has 4 nitrogen and oxygen atoms in total. The summed E-state index contributed by atoms with van der Waals surface area (Å²) in [6, 6.07) is 2.20. The maximum Gasteiger partial charge on any atom is 0.0597 e. The van der Waals surface area contributed by atoms with Crippen LogP contribution in [0.4, 0.5) is 0 Å². The standard InChI is InChI=1S/C14H26N4/c1-4-18(10-13-5-7-15-8-6-13)11-14-9-12(2)16-17(14)3/h9,13,15H,4-8,10-11H2,1-3H3. The summed E-state index contributed by atoms with van der Waals surface area (Å²) < 4.78 is 2.01. The molecule has 0 aromatic carbocycles. The van der Waals surface area contributed by atoms with Gasteiger partial charge in [-0.15, -0.1) is 0 Å². The number of aryl methyl sites for hydroxylation is 2. The summed E-state index contributed by atoms with van der Waals surface area (Å²) in [6.07, 6.45) is 2.64. The van der Waals surface area contributed by atoms with E-state index in [1.807, 2.05) is 11.7 Å². The largest absolute Gasteiger partial charge is 0.317 e. The molecule has 0 unspecified atom stereocenters. The molecule has 0 spiro atoms. The van der Waals surface area contributed by atoms with Gasteiger partial charge in [-0.1, -0.05) is 6.92 Å². The maximum atomic E-state index is 4.43. The number of piperidine rings is 1. The lowest BCUT2D eigenvalue weighted by Crippen LogP contribution is -2.36. The third kappa shape index (κ3) is 3.56. The Labute approximate surface area is 110 Å². The van der Waals surface area contributed by atoms with Crippen molar-refractivity contribution < 1.29 is 0 Å². The van der Waals surface area contributed by atoms with Gasteiger partial charge in [0.1, 0.15) is 0 Å². The molecule has 0 saturated carbocycles. The van der Waals surface area contributed by atoms with E-state index < -0.39 is 0 Å². The second kappa shape index (κ2) is 6.34. The summed E-state index contributed by atoms with van der Waals surface area (Å²) in [6.45, 7) is 10.1. The molecule has 0 amide bonds. The molecule has 1 aliphatic rings. The van der Waals surface area contributed by atoms with Crippen LogP contribution >= 0.6 is 0 Å². The molecule has 0 bridgehead atoms. The van der Waals surface area contributed by atoms with Gasteiger partial charge in [-0.05, 0) is 51.4 Å². The molecular weight excluding hydrogens is 224 g/mol. The molecule has 0 atom stereocenters. The first-order valence-corrected chi connectivity index (χ1v) is 7.11. The van der Waals surface area contributed by atoms with Gasteiger partial charge in [0, 0.05) is 20.1 Å². The Bertz CT molecular complexity index is 366. The van der Waals surface area contributed by atoms with Crippen molar-refractivity contribution in [1.82, 2.24) is 20.0 Å². The topological polar surface area (TPSA) is 33.1 Å². The number of nitrogens with one attached hydrogen (secondary N) is 1. The second-order valence-electron chi connectivity index (χ2n) is 5.42. The van der Waals surface area contributed by atoms with Crippen molar-refractivity contribution in [2.45, 2.75) is 33.2 Å². The lowest BCUT2D eigenvalue weighted by atomic mass is 9.97. The summed E-state index contributed by atoms with van der Waals surface area (Å²) in [5.74, 6) is 0.862. The Morgan fingerprint density at radius 3 is 2.72 bits per heavy atom. The molecule has 1 fully saturated rings. The zero-order chi connectivity index (χ0) is 13.0. The molecule has 18 heavy (non-hydrogen) atoms. The normalized spacial score (nSPS) is 17.6. The Hall–Kier alpha value is -0.870. The number of aromatic nitrogens is 2. The number of hydrogen-bond acceptors (Lipinski definition) is 3. The smallest absolute Gasteiger partial charge is 0.0597 e. The van der Waals surface area contributed by atoms with Gasteiger partial charge in [-0.25, -0.2) is 0 Å². The van der Waals surface area contributed by atoms with Crippen molar-refractivity contribution in [3.63, 3.8) is 0 Å². The van der Waals surface area contributed by atoms with E-state index in [2.05, 4.69) is 35.2 Å². The van der Waals surface area contributed by atoms with Gasteiger partial charge < -0.3 is 5.32 Å². The molecule has 0 radical (unpaired) electrons. The van der Waals surface area contributed by atoms with Crippen molar-refractivity contribution in [2.75, 3.05) is 26.2 Å². The Kier molecular flexibility index (Phi) is 4.78. The summed E-state index contributed by atoms with van der Waals surface area (Å²) >= 11 is 0. The monoisotopic (exact) mass is 250 g/mol. The SMILES string of the molecule is CCN(Cc1cc(C)nn1C)CC1CCNCC1. The van der Waals surface area contributed by atoms with Crippen LogP contribution in [-0.4, -0.2) is 40.9 Å². The van der Waals surface area contributed by atoms with Crippen molar-refractivity contribution in [3.05, 3.63) is 17.5 Å². The summed E-state index contributed by atoms with van der Waals surface area (Å²) in [7, 11) is 2.04. The first kappa shape index (κ1) is 13.6. The van der Waals surface area contributed by atoms with Crippen LogP contribution in [0.25, 0.3) is 0 Å². The highest BCUT2D eigenvalue weighted by Crippen LogP contribution is 2.15. The fourth-order valence-corrected chi connectivity index (χ4v) is 2.78. The third-order valence-electron chi connectivity index (χ3n) is 3.91. The average molecular weight is 250 g/mol. The van der Waals surface area contributed by atoms with Crippen LogP contribution in [0.5, 0.6) is 0 Å². The minimum atomic E-state index is 0.862. The summed E-state index contributed by atoms with van der Waals surface area (Å²) in [5.41, 5.74) is 2.44. The van der Waals surface area contributed by atoms with E-state index >= 15 is 0 Å². The minimum absolute atomic E-state index is 0.862. The van der Waals surface area contributed by atoms with Gasteiger partial charge in [0.15, 0.2) is 0 Å². The number of hydrogen-bond donors (Lipinski definition) is 1. The zero-order valence-corrected chi connectivity index (χ0v) is 11.9. The molecule has 1 N–H and O–H groups in total.